The van der Waals surface area contributed by atoms with Gasteiger partial charge in [0, 0.05) is 25.5 Å². The molecule has 0 aromatic carbocycles. The maximum atomic E-state index is 4.24. The van der Waals surface area contributed by atoms with Gasteiger partial charge in [0.05, 0.1) is 6.20 Å². The fourth-order valence-electron chi connectivity index (χ4n) is 1.43. The van der Waals surface area contributed by atoms with Crippen molar-refractivity contribution < 1.29 is 0 Å². The minimum absolute atomic E-state index is 0.696. The topological polar surface area (TPSA) is 29.0 Å². The van der Waals surface area contributed by atoms with Gasteiger partial charge in [0.25, 0.3) is 0 Å². The normalized spacial score (nSPS) is 17.1. The van der Waals surface area contributed by atoms with Crippen LogP contribution < -0.4 is 4.90 Å². The molecule has 64 valence electrons. The molecule has 0 saturated heterocycles. The van der Waals surface area contributed by atoms with Gasteiger partial charge >= 0.3 is 0 Å². The van der Waals surface area contributed by atoms with E-state index in [4.69, 9.17) is 0 Å². The first-order chi connectivity index (χ1) is 5.88. The standard InChI is InChI=1S/C9H13N3/c1-12(8-3-2-4-8)9-7-10-5-6-11-9/h5-8H,2-4H2,1H3. The summed E-state index contributed by atoms with van der Waals surface area (Å²) in [6.45, 7) is 0. The van der Waals surface area contributed by atoms with Crippen LogP contribution in [0, 0.1) is 0 Å². The molecule has 1 heterocycles. The Kier molecular flexibility index (Phi) is 1.94. The van der Waals surface area contributed by atoms with Crippen LogP contribution in [0.1, 0.15) is 19.3 Å². The van der Waals surface area contributed by atoms with Crippen LogP contribution in [-0.2, 0) is 0 Å². The van der Waals surface area contributed by atoms with Gasteiger partial charge in [0.15, 0.2) is 0 Å². The van der Waals surface area contributed by atoms with Crippen molar-refractivity contribution in [3.63, 3.8) is 0 Å². The van der Waals surface area contributed by atoms with Crippen molar-refractivity contribution in [3.05, 3.63) is 18.6 Å². The lowest BCUT2D eigenvalue weighted by Crippen LogP contribution is -2.37. The van der Waals surface area contributed by atoms with E-state index in [1.54, 1.807) is 12.4 Å². The summed E-state index contributed by atoms with van der Waals surface area (Å²) in [7, 11) is 2.09. The van der Waals surface area contributed by atoms with E-state index in [2.05, 4.69) is 21.9 Å². The third-order valence-corrected chi connectivity index (χ3v) is 2.53. The molecule has 1 aliphatic rings. The number of rotatable bonds is 2. The van der Waals surface area contributed by atoms with Crippen LogP contribution in [0.4, 0.5) is 5.82 Å². The highest BCUT2D eigenvalue weighted by atomic mass is 15.2. The molecule has 1 aromatic heterocycles. The first-order valence-electron chi connectivity index (χ1n) is 4.37. The van der Waals surface area contributed by atoms with Gasteiger partial charge in [-0.05, 0) is 19.3 Å². The molecule has 0 amide bonds. The molecule has 0 aliphatic heterocycles. The molecule has 0 unspecified atom stereocenters. The second-order valence-corrected chi connectivity index (χ2v) is 3.26. The maximum absolute atomic E-state index is 4.24. The summed E-state index contributed by atoms with van der Waals surface area (Å²) in [4.78, 5) is 10.5. The van der Waals surface area contributed by atoms with Gasteiger partial charge in [0.2, 0.25) is 0 Å². The Balaban J connectivity index is 2.08. The molecule has 1 saturated carbocycles. The van der Waals surface area contributed by atoms with Gasteiger partial charge in [-0.25, -0.2) is 4.98 Å². The van der Waals surface area contributed by atoms with Gasteiger partial charge in [-0.2, -0.15) is 0 Å². The van der Waals surface area contributed by atoms with Gasteiger partial charge < -0.3 is 4.90 Å². The molecule has 1 aliphatic carbocycles. The van der Waals surface area contributed by atoms with Crippen molar-refractivity contribution in [2.75, 3.05) is 11.9 Å². The predicted molar refractivity (Wildman–Crippen MR) is 48.1 cm³/mol. The molecular formula is C9H13N3. The molecule has 0 bridgehead atoms. The molecule has 12 heavy (non-hydrogen) atoms. The molecular weight excluding hydrogens is 150 g/mol. The summed E-state index contributed by atoms with van der Waals surface area (Å²) in [5.74, 6) is 0.988. The number of nitrogens with zero attached hydrogens (tertiary/aromatic N) is 3. The Labute approximate surface area is 72.4 Å². The average Bonchev–Trinajstić information content (AvgIpc) is 2.03. The summed E-state index contributed by atoms with van der Waals surface area (Å²) >= 11 is 0. The molecule has 1 fully saturated rings. The van der Waals surface area contributed by atoms with Crippen LogP contribution in [0.15, 0.2) is 18.6 Å². The SMILES string of the molecule is CN(c1cnccn1)C1CCC1. The van der Waals surface area contributed by atoms with Gasteiger partial charge in [-0.15, -0.1) is 0 Å². The summed E-state index contributed by atoms with van der Waals surface area (Å²) in [5, 5.41) is 0. The summed E-state index contributed by atoms with van der Waals surface area (Å²) < 4.78 is 0. The minimum atomic E-state index is 0.696. The van der Waals surface area contributed by atoms with E-state index < -0.39 is 0 Å². The lowest BCUT2D eigenvalue weighted by atomic mass is 9.92. The van der Waals surface area contributed by atoms with Crippen molar-refractivity contribution >= 4 is 5.82 Å². The zero-order valence-electron chi connectivity index (χ0n) is 7.27. The second kappa shape index (κ2) is 3.09. The summed E-state index contributed by atoms with van der Waals surface area (Å²) in [6, 6.07) is 0.696. The smallest absolute Gasteiger partial charge is 0.147 e. The quantitative estimate of drug-likeness (QED) is 0.661. The van der Waals surface area contributed by atoms with E-state index in [9.17, 15) is 0 Å². The van der Waals surface area contributed by atoms with Crippen LogP contribution in [0.2, 0.25) is 0 Å². The number of hydrogen-bond donors (Lipinski definition) is 0. The van der Waals surface area contributed by atoms with Crippen LogP contribution in [0.25, 0.3) is 0 Å². The van der Waals surface area contributed by atoms with Crippen molar-refractivity contribution in [2.24, 2.45) is 0 Å². The largest absolute Gasteiger partial charge is 0.355 e. The third-order valence-electron chi connectivity index (χ3n) is 2.53. The second-order valence-electron chi connectivity index (χ2n) is 3.26. The first kappa shape index (κ1) is 7.53. The van der Waals surface area contributed by atoms with Crippen molar-refractivity contribution in [1.82, 2.24) is 9.97 Å². The van der Waals surface area contributed by atoms with Crippen molar-refractivity contribution in [2.45, 2.75) is 25.3 Å². The molecule has 0 N–H and O–H groups in total. The Morgan fingerprint density at radius 1 is 1.42 bits per heavy atom. The number of hydrogen-bond acceptors (Lipinski definition) is 3. The first-order valence-corrected chi connectivity index (χ1v) is 4.37. The van der Waals surface area contributed by atoms with E-state index in [1.807, 2.05) is 6.20 Å². The lowest BCUT2D eigenvalue weighted by molar-refractivity contribution is 0.399. The zero-order valence-corrected chi connectivity index (χ0v) is 7.27. The Bertz CT molecular complexity index is 243. The monoisotopic (exact) mass is 163 g/mol. The molecule has 3 heteroatoms. The Morgan fingerprint density at radius 3 is 2.75 bits per heavy atom. The molecule has 1 aromatic rings. The van der Waals surface area contributed by atoms with E-state index in [-0.39, 0.29) is 0 Å². The molecule has 0 radical (unpaired) electrons. The third kappa shape index (κ3) is 1.26. The van der Waals surface area contributed by atoms with Crippen molar-refractivity contribution in [3.8, 4) is 0 Å². The van der Waals surface area contributed by atoms with E-state index in [0.29, 0.717) is 6.04 Å². The van der Waals surface area contributed by atoms with Gasteiger partial charge in [-0.1, -0.05) is 0 Å². The van der Waals surface area contributed by atoms with E-state index in [1.165, 1.54) is 19.3 Å². The predicted octanol–water partition coefficient (Wildman–Crippen LogP) is 1.47. The highest BCUT2D eigenvalue weighted by Gasteiger charge is 2.22. The van der Waals surface area contributed by atoms with Crippen LogP contribution in [-0.4, -0.2) is 23.1 Å². The molecule has 2 rings (SSSR count). The van der Waals surface area contributed by atoms with Gasteiger partial charge in [0.1, 0.15) is 5.82 Å². The van der Waals surface area contributed by atoms with Crippen LogP contribution >= 0.6 is 0 Å². The summed E-state index contributed by atoms with van der Waals surface area (Å²) in [5.41, 5.74) is 0. The van der Waals surface area contributed by atoms with Crippen LogP contribution in [0.3, 0.4) is 0 Å². The number of anilines is 1. The van der Waals surface area contributed by atoms with Crippen molar-refractivity contribution in [1.29, 1.82) is 0 Å². The fourth-order valence-corrected chi connectivity index (χ4v) is 1.43. The molecule has 0 spiro atoms. The summed E-state index contributed by atoms with van der Waals surface area (Å²) in [6.07, 6.45) is 9.22. The molecule has 0 atom stereocenters. The highest BCUT2D eigenvalue weighted by Crippen LogP contribution is 2.26. The molecule has 3 nitrogen and oxygen atoms in total. The Hall–Kier alpha value is -1.12. The number of aromatic nitrogens is 2. The Morgan fingerprint density at radius 2 is 2.25 bits per heavy atom. The van der Waals surface area contributed by atoms with Crippen LogP contribution in [0.5, 0.6) is 0 Å². The lowest BCUT2D eigenvalue weighted by Gasteiger charge is -2.35. The van der Waals surface area contributed by atoms with E-state index in [0.717, 1.165) is 5.82 Å². The maximum Gasteiger partial charge on any atom is 0.147 e. The van der Waals surface area contributed by atoms with E-state index >= 15 is 0 Å². The highest BCUT2D eigenvalue weighted by molar-refractivity contribution is 5.35. The zero-order chi connectivity index (χ0) is 8.39. The average molecular weight is 163 g/mol. The minimum Gasteiger partial charge on any atom is -0.355 e. The van der Waals surface area contributed by atoms with Gasteiger partial charge in [-0.3, -0.25) is 4.98 Å². The fraction of sp³-hybridized carbons (Fsp3) is 0.556.